The fraction of sp³-hybridized carbons (Fsp3) is 0.462. The Labute approximate surface area is 198 Å². The predicted octanol–water partition coefficient (Wildman–Crippen LogP) is 4.86. The molecule has 172 valence electrons. The highest BCUT2D eigenvalue weighted by Crippen LogP contribution is 2.64. The van der Waals surface area contributed by atoms with E-state index in [2.05, 4.69) is 10.6 Å². The van der Waals surface area contributed by atoms with Crippen LogP contribution in [0.4, 0.5) is 5.69 Å². The second kappa shape index (κ2) is 7.66. The Bertz CT molecular complexity index is 1120. The van der Waals surface area contributed by atoms with Crippen molar-refractivity contribution >= 4 is 29.1 Å². The molecule has 2 atom stereocenters. The minimum atomic E-state index is -0.415. The largest absolute Gasteiger partial charge is 0.454 e. The third kappa shape index (κ3) is 3.74. The van der Waals surface area contributed by atoms with E-state index in [4.69, 9.17) is 21.1 Å². The molecule has 4 aliphatic carbocycles. The van der Waals surface area contributed by atoms with Gasteiger partial charge >= 0.3 is 0 Å². The first-order chi connectivity index (χ1) is 15.9. The lowest BCUT2D eigenvalue weighted by molar-refractivity contribution is -0.138. The molecular formula is C26H27ClN2O4. The Morgan fingerprint density at radius 1 is 1.00 bits per heavy atom. The predicted molar refractivity (Wildman–Crippen MR) is 125 cm³/mol. The van der Waals surface area contributed by atoms with Crippen LogP contribution in [0.5, 0.6) is 11.5 Å². The third-order valence-corrected chi connectivity index (χ3v) is 8.22. The Balaban J connectivity index is 1.17. The van der Waals surface area contributed by atoms with E-state index in [1.165, 1.54) is 6.42 Å². The van der Waals surface area contributed by atoms with Crippen molar-refractivity contribution in [2.45, 2.75) is 49.9 Å². The van der Waals surface area contributed by atoms with Gasteiger partial charge < -0.3 is 20.1 Å². The number of hydrogen-bond donors (Lipinski definition) is 2. The number of fused-ring (bicyclic) bond motifs is 1. The molecule has 0 saturated heterocycles. The molecule has 33 heavy (non-hydrogen) atoms. The summed E-state index contributed by atoms with van der Waals surface area (Å²) in [6.07, 6.45) is 5.80. The number of halogens is 1. The number of amides is 2. The molecule has 5 aliphatic rings. The smallest absolute Gasteiger partial charge is 0.253 e. The molecule has 7 heteroatoms. The Kier molecular flexibility index (Phi) is 4.84. The molecule has 1 heterocycles. The number of carbonyl (C=O) groups excluding carboxylic acids is 2. The summed E-state index contributed by atoms with van der Waals surface area (Å²) in [4.78, 5) is 26.3. The molecule has 0 spiro atoms. The van der Waals surface area contributed by atoms with Crippen molar-refractivity contribution in [2.75, 3.05) is 12.1 Å². The van der Waals surface area contributed by atoms with E-state index in [1.54, 1.807) is 12.1 Å². The standard InChI is InChI=1S/C26H27ClN2O4/c27-26-11-17-7-18(12-26)10-25(9-17,14-26)24(31)29-20-4-2-1-3-19(20)23(30)28-13-16-5-6-21-22(8-16)33-15-32-21/h1-6,8,17-18H,7,9-15H2,(H,28,30)(H,29,31)/t17-,18-,25?,26?/m1/s1. The molecule has 4 saturated carbocycles. The van der Waals surface area contributed by atoms with Gasteiger partial charge in [0.15, 0.2) is 11.5 Å². The first kappa shape index (κ1) is 20.8. The number of para-hydroxylation sites is 1. The van der Waals surface area contributed by atoms with E-state index < -0.39 is 5.41 Å². The fourth-order valence-corrected chi connectivity index (χ4v) is 7.48. The number of anilines is 1. The molecule has 2 N–H and O–H groups in total. The van der Waals surface area contributed by atoms with Gasteiger partial charge in [0.2, 0.25) is 12.7 Å². The van der Waals surface area contributed by atoms with Crippen LogP contribution in [0.2, 0.25) is 0 Å². The Hall–Kier alpha value is -2.73. The van der Waals surface area contributed by atoms with E-state index in [-0.39, 0.29) is 23.5 Å². The number of alkyl halides is 1. The summed E-state index contributed by atoms with van der Waals surface area (Å²) in [5.74, 6) is 2.24. The maximum Gasteiger partial charge on any atom is 0.253 e. The van der Waals surface area contributed by atoms with Gasteiger partial charge in [0.05, 0.1) is 16.7 Å². The fourth-order valence-electron chi connectivity index (χ4n) is 6.79. The van der Waals surface area contributed by atoms with Crippen molar-refractivity contribution in [2.24, 2.45) is 17.3 Å². The summed E-state index contributed by atoms with van der Waals surface area (Å²) in [7, 11) is 0. The number of carbonyl (C=O) groups is 2. The molecular weight excluding hydrogens is 440 g/mol. The molecule has 4 bridgehead atoms. The van der Waals surface area contributed by atoms with Gasteiger partial charge in [-0.05, 0) is 80.2 Å². The van der Waals surface area contributed by atoms with Gasteiger partial charge in [0, 0.05) is 11.4 Å². The number of nitrogens with one attached hydrogen (secondary N) is 2. The average molecular weight is 467 g/mol. The monoisotopic (exact) mass is 466 g/mol. The molecule has 2 aromatic carbocycles. The van der Waals surface area contributed by atoms with Crippen LogP contribution in [0.15, 0.2) is 42.5 Å². The summed E-state index contributed by atoms with van der Waals surface area (Å²) in [6.45, 7) is 0.561. The van der Waals surface area contributed by atoms with Crippen LogP contribution in [-0.4, -0.2) is 23.5 Å². The SMILES string of the molecule is O=C(NCc1ccc2c(c1)OCO2)c1ccccc1NC(=O)C12C[C@H]3C[C@@H](CC(Cl)(C3)C1)C2. The summed E-state index contributed by atoms with van der Waals surface area (Å²) < 4.78 is 10.7. The van der Waals surface area contributed by atoms with Crippen LogP contribution in [0, 0.1) is 17.3 Å². The summed E-state index contributed by atoms with van der Waals surface area (Å²) in [5, 5.41) is 6.06. The second-order valence-corrected chi connectivity index (χ2v) is 11.1. The van der Waals surface area contributed by atoms with Gasteiger partial charge in [-0.2, -0.15) is 0 Å². The zero-order chi connectivity index (χ0) is 22.6. The first-order valence-electron chi connectivity index (χ1n) is 11.7. The topological polar surface area (TPSA) is 76.7 Å². The van der Waals surface area contributed by atoms with E-state index in [1.807, 2.05) is 30.3 Å². The van der Waals surface area contributed by atoms with Gasteiger partial charge in [-0.3, -0.25) is 9.59 Å². The maximum absolute atomic E-state index is 13.5. The highest BCUT2D eigenvalue weighted by molar-refractivity contribution is 6.24. The average Bonchev–Trinajstić information content (AvgIpc) is 3.24. The maximum atomic E-state index is 13.5. The molecule has 7 rings (SSSR count). The van der Waals surface area contributed by atoms with Crippen molar-refractivity contribution in [3.05, 3.63) is 53.6 Å². The molecule has 6 nitrogen and oxygen atoms in total. The number of benzene rings is 2. The molecule has 2 amide bonds. The number of ether oxygens (including phenoxy) is 2. The molecule has 0 radical (unpaired) electrons. The lowest BCUT2D eigenvalue weighted by atomic mass is 9.49. The summed E-state index contributed by atoms with van der Waals surface area (Å²) in [5.41, 5.74) is 1.50. The van der Waals surface area contributed by atoms with Crippen molar-refractivity contribution < 1.29 is 19.1 Å². The van der Waals surface area contributed by atoms with Crippen molar-refractivity contribution in [1.29, 1.82) is 0 Å². The Morgan fingerprint density at radius 3 is 2.55 bits per heavy atom. The van der Waals surface area contributed by atoms with Gasteiger partial charge in [-0.1, -0.05) is 18.2 Å². The van der Waals surface area contributed by atoms with Crippen LogP contribution in [0.3, 0.4) is 0 Å². The lowest BCUT2D eigenvalue weighted by Crippen LogP contribution is -2.57. The van der Waals surface area contributed by atoms with Crippen LogP contribution >= 0.6 is 11.6 Å². The normalized spacial score (nSPS) is 30.8. The summed E-state index contributed by atoms with van der Waals surface area (Å²) in [6, 6.07) is 12.8. The van der Waals surface area contributed by atoms with Crippen LogP contribution in [0.25, 0.3) is 0 Å². The zero-order valence-electron chi connectivity index (χ0n) is 18.4. The van der Waals surface area contributed by atoms with E-state index in [0.717, 1.165) is 37.7 Å². The van der Waals surface area contributed by atoms with E-state index in [9.17, 15) is 9.59 Å². The van der Waals surface area contributed by atoms with Crippen LogP contribution in [-0.2, 0) is 11.3 Å². The quantitative estimate of drug-likeness (QED) is 0.617. The van der Waals surface area contributed by atoms with Gasteiger partial charge in [0.1, 0.15) is 0 Å². The second-order valence-electron chi connectivity index (χ2n) is 10.3. The molecule has 4 fully saturated rings. The highest BCUT2D eigenvalue weighted by Gasteiger charge is 2.60. The van der Waals surface area contributed by atoms with Gasteiger partial charge in [-0.25, -0.2) is 0 Å². The third-order valence-electron chi connectivity index (χ3n) is 7.78. The number of rotatable bonds is 5. The van der Waals surface area contributed by atoms with Crippen molar-refractivity contribution in [3.63, 3.8) is 0 Å². The van der Waals surface area contributed by atoms with Crippen LogP contribution in [0.1, 0.15) is 54.4 Å². The van der Waals surface area contributed by atoms with Crippen molar-refractivity contribution in [1.82, 2.24) is 5.32 Å². The minimum absolute atomic E-state index is 0.0117. The number of hydrogen-bond acceptors (Lipinski definition) is 4. The highest BCUT2D eigenvalue weighted by atomic mass is 35.5. The van der Waals surface area contributed by atoms with E-state index >= 15 is 0 Å². The molecule has 2 aromatic rings. The molecule has 0 aromatic heterocycles. The van der Waals surface area contributed by atoms with Gasteiger partial charge in [-0.15, -0.1) is 11.6 Å². The van der Waals surface area contributed by atoms with Gasteiger partial charge in [0.25, 0.3) is 5.91 Å². The lowest BCUT2D eigenvalue weighted by Gasteiger charge is -2.59. The summed E-state index contributed by atoms with van der Waals surface area (Å²) >= 11 is 6.92. The molecule has 1 aliphatic heterocycles. The zero-order valence-corrected chi connectivity index (χ0v) is 19.1. The Morgan fingerprint density at radius 2 is 1.76 bits per heavy atom. The minimum Gasteiger partial charge on any atom is -0.454 e. The molecule has 0 unspecified atom stereocenters. The first-order valence-corrected chi connectivity index (χ1v) is 12.1. The van der Waals surface area contributed by atoms with Crippen LogP contribution < -0.4 is 20.1 Å². The van der Waals surface area contributed by atoms with E-state index in [0.29, 0.717) is 41.1 Å². The van der Waals surface area contributed by atoms with Crippen molar-refractivity contribution in [3.8, 4) is 11.5 Å².